The van der Waals surface area contributed by atoms with Gasteiger partial charge in [-0.05, 0) is 19.3 Å². The lowest BCUT2D eigenvalue weighted by Crippen LogP contribution is -2.22. The molecule has 0 bridgehead atoms. The largest absolute Gasteiger partial charge is 0.327 e. The van der Waals surface area contributed by atoms with Crippen LogP contribution in [-0.2, 0) is 6.42 Å². The van der Waals surface area contributed by atoms with E-state index in [9.17, 15) is 0 Å². The van der Waals surface area contributed by atoms with Crippen LogP contribution < -0.4 is 5.73 Å². The quantitative estimate of drug-likeness (QED) is 0.899. The molecular weight excluding hydrogens is 246 g/mol. The van der Waals surface area contributed by atoms with Crippen molar-refractivity contribution in [2.75, 3.05) is 0 Å². The van der Waals surface area contributed by atoms with Gasteiger partial charge in [0.05, 0.1) is 0 Å². The molecule has 0 radical (unpaired) electrons. The maximum Gasteiger partial charge on any atom is 0.234 e. The zero-order valence-corrected chi connectivity index (χ0v) is 11.5. The van der Waals surface area contributed by atoms with Gasteiger partial charge < -0.3 is 5.73 Å². The van der Waals surface area contributed by atoms with Crippen molar-refractivity contribution in [3.05, 3.63) is 10.8 Å². The molecule has 5 nitrogen and oxygen atoms in total. The molecule has 6 heteroatoms. The minimum atomic E-state index is 0.214. The highest BCUT2D eigenvalue weighted by molar-refractivity contribution is 7.16. The monoisotopic (exact) mass is 265 g/mol. The number of nitrogens with zero attached hydrogens (tertiary/aromatic N) is 4. The predicted octanol–water partition coefficient (Wildman–Crippen LogP) is 2.12. The van der Waals surface area contributed by atoms with Crippen molar-refractivity contribution >= 4 is 16.3 Å². The maximum absolute atomic E-state index is 6.06. The van der Waals surface area contributed by atoms with Gasteiger partial charge >= 0.3 is 0 Å². The summed E-state index contributed by atoms with van der Waals surface area (Å²) < 4.78 is 1.93. The van der Waals surface area contributed by atoms with Gasteiger partial charge in [-0.15, -0.1) is 10.2 Å². The van der Waals surface area contributed by atoms with Gasteiger partial charge in [0.1, 0.15) is 5.01 Å². The molecule has 1 aliphatic rings. The van der Waals surface area contributed by atoms with Gasteiger partial charge in [-0.1, -0.05) is 31.1 Å². The van der Waals surface area contributed by atoms with E-state index in [1.54, 1.807) is 11.3 Å². The molecule has 1 unspecified atom stereocenters. The zero-order chi connectivity index (χ0) is 12.5. The molecule has 1 fully saturated rings. The first-order valence-corrected chi connectivity index (χ1v) is 7.56. The van der Waals surface area contributed by atoms with Crippen LogP contribution in [-0.4, -0.2) is 25.9 Å². The number of hydrogen-bond acceptors (Lipinski definition) is 5. The predicted molar refractivity (Wildman–Crippen MR) is 71.8 cm³/mol. The molecule has 2 aromatic rings. The van der Waals surface area contributed by atoms with Crippen LogP contribution in [0.25, 0.3) is 4.96 Å². The Morgan fingerprint density at radius 1 is 1.44 bits per heavy atom. The molecule has 0 saturated heterocycles. The highest BCUT2D eigenvalue weighted by atomic mass is 32.1. The minimum Gasteiger partial charge on any atom is -0.327 e. The van der Waals surface area contributed by atoms with Gasteiger partial charge in [0.15, 0.2) is 5.82 Å². The Labute approximate surface area is 110 Å². The van der Waals surface area contributed by atoms with Gasteiger partial charge in [-0.25, -0.2) is 0 Å². The van der Waals surface area contributed by atoms with Crippen LogP contribution in [0.15, 0.2) is 0 Å². The average Bonchev–Trinajstić information content (AvgIpc) is 2.78. The summed E-state index contributed by atoms with van der Waals surface area (Å²) in [6, 6.07) is 0.214. The first-order valence-electron chi connectivity index (χ1n) is 6.74. The Morgan fingerprint density at radius 3 is 2.94 bits per heavy atom. The summed E-state index contributed by atoms with van der Waals surface area (Å²) in [6.07, 6.45) is 6.78. The van der Waals surface area contributed by atoms with Gasteiger partial charge in [-0.3, -0.25) is 0 Å². The molecule has 1 aliphatic carbocycles. The van der Waals surface area contributed by atoms with E-state index in [1.165, 1.54) is 19.3 Å². The van der Waals surface area contributed by atoms with Gasteiger partial charge in [0, 0.05) is 18.4 Å². The van der Waals surface area contributed by atoms with Gasteiger partial charge in [0.25, 0.3) is 0 Å². The van der Waals surface area contributed by atoms with Gasteiger partial charge in [-0.2, -0.15) is 9.61 Å². The molecule has 0 amide bonds. The van der Waals surface area contributed by atoms with E-state index in [-0.39, 0.29) is 6.04 Å². The fourth-order valence-corrected chi connectivity index (χ4v) is 3.31. The highest BCUT2D eigenvalue weighted by Crippen LogP contribution is 2.35. The fourth-order valence-electron chi connectivity index (χ4n) is 2.37. The van der Waals surface area contributed by atoms with Crippen molar-refractivity contribution in [1.82, 2.24) is 19.8 Å². The minimum absolute atomic E-state index is 0.214. The van der Waals surface area contributed by atoms with Crippen molar-refractivity contribution in [3.8, 4) is 0 Å². The van der Waals surface area contributed by atoms with E-state index >= 15 is 0 Å². The van der Waals surface area contributed by atoms with E-state index in [0.717, 1.165) is 35.1 Å². The summed E-state index contributed by atoms with van der Waals surface area (Å²) in [5, 5.41) is 14.2. The molecule has 0 spiro atoms. The lowest BCUT2D eigenvalue weighted by Gasteiger charge is -2.22. The van der Waals surface area contributed by atoms with Crippen LogP contribution in [0.1, 0.15) is 55.8 Å². The van der Waals surface area contributed by atoms with Crippen LogP contribution in [0.4, 0.5) is 0 Å². The third kappa shape index (κ3) is 2.14. The third-order valence-corrected chi connectivity index (χ3v) is 4.54. The summed E-state index contributed by atoms with van der Waals surface area (Å²) >= 11 is 1.62. The second-order valence-corrected chi connectivity index (χ2v) is 6.17. The number of nitrogens with two attached hydrogens (primary N) is 1. The second kappa shape index (κ2) is 4.93. The molecular formula is C12H19N5S. The van der Waals surface area contributed by atoms with Crippen molar-refractivity contribution in [3.63, 3.8) is 0 Å². The van der Waals surface area contributed by atoms with E-state index in [1.807, 2.05) is 4.52 Å². The third-order valence-electron chi connectivity index (χ3n) is 3.62. The highest BCUT2D eigenvalue weighted by Gasteiger charge is 2.26. The number of fused-ring (bicyclic) bond motifs is 1. The van der Waals surface area contributed by atoms with Crippen molar-refractivity contribution in [2.45, 2.75) is 57.4 Å². The summed E-state index contributed by atoms with van der Waals surface area (Å²) in [4.78, 5) is 0.913. The van der Waals surface area contributed by atoms with E-state index in [2.05, 4.69) is 22.2 Å². The molecule has 18 heavy (non-hydrogen) atoms. The second-order valence-electron chi connectivity index (χ2n) is 5.13. The lowest BCUT2D eigenvalue weighted by molar-refractivity contribution is 0.394. The van der Waals surface area contributed by atoms with Gasteiger partial charge in [0.2, 0.25) is 4.96 Å². The summed E-state index contributed by atoms with van der Waals surface area (Å²) in [6.45, 7) is 2.16. The van der Waals surface area contributed by atoms with Crippen molar-refractivity contribution in [2.24, 2.45) is 5.73 Å². The van der Waals surface area contributed by atoms with Crippen molar-refractivity contribution < 1.29 is 0 Å². The zero-order valence-electron chi connectivity index (χ0n) is 10.7. The molecule has 1 atom stereocenters. The SMILES string of the molecule is CCCC(N)Cc1nn2c(C3CCC3)nnc2s1. The fraction of sp³-hybridized carbons (Fsp3) is 0.750. The Hall–Kier alpha value is -1.01. The smallest absolute Gasteiger partial charge is 0.234 e. The standard InChI is InChI=1S/C12H19N5S/c1-2-4-9(13)7-10-16-17-11(8-5-3-6-8)14-15-12(17)18-10/h8-9H,2-7,13H2,1H3. The summed E-state index contributed by atoms with van der Waals surface area (Å²) in [5.41, 5.74) is 6.06. The molecule has 1 saturated carbocycles. The number of rotatable bonds is 5. The van der Waals surface area contributed by atoms with Crippen LogP contribution in [0.5, 0.6) is 0 Å². The molecule has 3 rings (SSSR count). The lowest BCUT2D eigenvalue weighted by atomic mass is 9.85. The molecule has 98 valence electrons. The molecule has 0 aliphatic heterocycles. The van der Waals surface area contributed by atoms with E-state index in [0.29, 0.717) is 5.92 Å². The average molecular weight is 265 g/mol. The van der Waals surface area contributed by atoms with E-state index in [4.69, 9.17) is 5.73 Å². The van der Waals surface area contributed by atoms with E-state index < -0.39 is 0 Å². The normalized spacial score (nSPS) is 18.1. The topological polar surface area (TPSA) is 69.1 Å². The Kier molecular flexibility index (Phi) is 3.30. The Balaban J connectivity index is 1.80. The van der Waals surface area contributed by atoms with Crippen LogP contribution in [0, 0.1) is 0 Å². The Morgan fingerprint density at radius 2 is 2.28 bits per heavy atom. The first-order chi connectivity index (χ1) is 8.78. The first kappa shape index (κ1) is 12.0. The molecule has 2 heterocycles. The van der Waals surface area contributed by atoms with Crippen molar-refractivity contribution in [1.29, 1.82) is 0 Å². The summed E-state index contributed by atoms with van der Waals surface area (Å²) in [5.74, 6) is 1.61. The molecule has 2 aromatic heterocycles. The number of aromatic nitrogens is 4. The summed E-state index contributed by atoms with van der Waals surface area (Å²) in [7, 11) is 0. The maximum atomic E-state index is 6.06. The molecule has 2 N–H and O–H groups in total. The molecule has 0 aromatic carbocycles. The Bertz CT molecular complexity index is 528. The van der Waals surface area contributed by atoms with Crippen LogP contribution in [0.3, 0.4) is 0 Å². The van der Waals surface area contributed by atoms with Crippen LogP contribution >= 0.6 is 11.3 Å². The van der Waals surface area contributed by atoms with Crippen LogP contribution in [0.2, 0.25) is 0 Å². The number of hydrogen-bond donors (Lipinski definition) is 1.